The Labute approximate surface area is 380 Å². The lowest BCUT2D eigenvalue weighted by molar-refractivity contribution is 0.669. The fourth-order valence-electron chi connectivity index (χ4n) is 12.1. The highest BCUT2D eigenvalue weighted by Crippen LogP contribution is 2.62. The molecule has 0 saturated carbocycles. The quantitative estimate of drug-likeness (QED) is 0.176. The van der Waals surface area contributed by atoms with Crippen LogP contribution in [0.1, 0.15) is 22.3 Å². The molecule has 3 heteroatoms. The first-order chi connectivity index (χ1) is 32.7. The lowest BCUT2D eigenvalue weighted by Gasteiger charge is -2.40. The van der Waals surface area contributed by atoms with Crippen molar-refractivity contribution in [1.82, 2.24) is 4.57 Å². The van der Waals surface area contributed by atoms with E-state index in [4.69, 9.17) is 4.42 Å². The van der Waals surface area contributed by atoms with Gasteiger partial charge in [0.1, 0.15) is 11.2 Å². The summed E-state index contributed by atoms with van der Waals surface area (Å²) >= 11 is 0. The highest BCUT2D eigenvalue weighted by Gasteiger charge is 2.50. The molecule has 1 spiro atoms. The molecule has 0 bridgehead atoms. The zero-order chi connectivity index (χ0) is 43.1. The number of aromatic nitrogens is 1. The molecule has 306 valence electrons. The van der Waals surface area contributed by atoms with Crippen molar-refractivity contribution in [3.05, 3.63) is 253 Å². The fourth-order valence-corrected chi connectivity index (χ4v) is 12.1. The highest BCUT2D eigenvalue weighted by molar-refractivity contribution is 6.13. The monoisotopic (exact) mass is 838 g/mol. The molecule has 11 aromatic carbocycles. The Balaban J connectivity index is 1.02. The van der Waals surface area contributed by atoms with Gasteiger partial charge in [-0.25, -0.2) is 0 Å². The van der Waals surface area contributed by atoms with Crippen LogP contribution in [0.3, 0.4) is 0 Å². The lowest BCUT2D eigenvalue weighted by Crippen LogP contribution is -2.32. The first-order valence-corrected chi connectivity index (χ1v) is 22.8. The molecule has 2 aromatic heterocycles. The number of para-hydroxylation sites is 2. The van der Waals surface area contributed by atoms with Crippen molar-refractivity contribution in [3.63, 3.8) is 0 Å². The number of nitrogens with zero attached hydrogens (tertiary/aromatic N) is 2. The smallest absolute Gasteiger partial charge is 0.135 e. The normalized spacial score (nSPS) is 14.7. The molecule has 13 aromatic rings. The molecule has 0 N–H and O–H groups in total. The van der Waals surface area contributed by atoms with E-state index in [1.807, 2.05) is 6.07 Å². The molecule has 0 fully saturated rings. The second kappa shape index (κ2) is 13.2. The Morgan fingerprint density at radius 1 is 0.348 bits per heavy atom. The predicted molar refractivity (Wildman–Crippen MR) is 274 cm³/mol. The van der Waals surface area contributed by atoms with Gasteiger partial charge in [-0.15, -0.1) is 0 Å². The van der Waals surface area contributed by atoms with Gasteiger partial charge >= 0.3 is 0 Å². The summed E-state index contributed by atoms with van der Waals surface area (Å²) in [6.45, 7) is 0. The van der Waals surface area contributed by atoms with E-state index in [9.17, 15) is 0 Å². The Hall–Kier alpha value is -8.66. The summed E-state index contributed by atoms with van der Waals surface area (Å²) in [5.41, 5.74) is 18.4. The Morgan fingerprint density at radius 2 is 0.939 bits per heavy atom. The SMILES string of the molecule is c1ccc2c(c1)-c1ccc(N(c3ccc4c5ccccc5n(-c5ccc6oc7ccccc7c6c5)c4c3)c3cccc4ccccc34)cc1C21c2ccccc2-c2cccc3cccc1c23. The molecule has 2 aliphatic rings. The molecule has 0 amide bonds. The van der Waals surface area contributed by atoms with E-state index in [0.29, 0.717) is 0 Å². The molecule has 0 aliphatic heterocycles. The number of furan rings is 1. The molecule has 3 nitrogen and oxygen atoms in total. The third kappa shape index (κ3) is 4.66. The van der Waals surface area contributed by atoms with Crippen LogP contribution >= 0.6 is 0 Å². The zero-order valence-electron chi connectivity index (χ0n) is 35.7. The molecule has 66 heavy (non-hydrogen) atoms. The number of rotatable bonds is 4. The van der Waals surface area contributed by atoms with Crippen molar-refractivity contribution in [3.8, 4) is 27.9 Å². The number of hydrogen-bond acceptors (Lipinski definition) is 2. The Kier molecular flexibility index (Phi) is 7.15. The maximum Gasteiger partial charge on any atom is 0.135 e. The van der Waals surface area contributed by atoms with E-state index in [2.05, 4.69) is 234 Å². The van der Waals surface area contributed by atoms with Crippen LogP contribution in [0.15, 0.2) is 235 Å². The van der Waals surface area contributed by atoms with E-state index >= 15 is 0 Å². The van der Waals surface area contributed by atoms with Gasteiger partial charge < -0.3 is 13.9 Å². The van der Waals surface area contributed by atoms with Crippen molar-refractivity contribution in [2.75, 3.05) is 4.90 Å². The molecule has 2 aliphatic carbocycles. The third-order valence-electron chi connectivity index (χ3n) is 14.8. The molecule has 2 heterocycles. The summed E-state index contributed by atoms with van der Waals surface area (Å²) in [5, 5.41) is 9.64. The molecular formula is C63H38N2O. The van der Waals surface area contributed by atoms with Gasteiger partial charge in [-0.2, -0.15) is 0 Å². The molecular weight excluding hydrogens is 801 g/mol. The Bertz CT molecular complexity index is 4200. The summed E-state index contributed by atoms with van der Waals surface area (Å²) in [6.07, 6.45) is 0. The molecule has 1 unspecified atom stereocenters. The second-order valence-electron chi connectivity index (χ2n) is 17.9. The first-order valence-electron chi connectivity index (χ1n) is 22.8. The van der Waals surface area contributed by atoms with Crippen molar-refractivity contribution >= 4 is 82.4 Å². The number of benzene rings is 11. The number of fused-ring (bicyclic) bond motifs is 16. The summed E-state index contributed by atoms with van der Waals surface area (Å²) in [6, 6.07) is 85.5. The maximum atomic E-state index is 6.31. The van der Waals surface area contributed by atoms with Crippen molar-refractivity contribution in [2.45, 2.75) is 5.41 Å². The van der Waals surface area contributed by atoms with Gasteiger partial charge in [0.15, 0.2) is 0 Å². The average molecular weight is 839 g/mol. The summed E-state index contributed by atoms with van der Waals surface area (Å²) < 4.78 is 8.75. The van der Waals surface area contributed by atoms with Crippen LogP contribution < -0.4 is 4.90 Å². The standard InChI is InChI=1S/C63H38N2O/c1-2-18-44-39(14-1)15-13-28-57(44)64(43-31-34-49-48-21-5-9-27-58(48)65(59(49)38-43)41-32-35-61-52(36-41)50-22-6-10-29-60(50)66-61)42-30-33-47-45-19-3-7-24-53(45)63(56(47)37-42)54-25-8-4-20-46(54)51-23-11-16-40-17-12-26-55(63)62(40)51/h1-38H. The minimum atomic E-state index is -0.539. The molecule has 1 atom stereocenters. The highest BCUT2D eigenvalue weighted by atomic mass is 16.3. The van der Waals surface area contributed by atoms with E-state index in [1.165, 1.54) is 76.8 Å². The van der Waals surface area contributed by atoms with Gasteiger partial charge in [0.05, 0.1) is 22.1 Å². The van der Waals surface area contributed by atoms with Crippen LogP contribution in [-0.4, -0.2) is 4.57 Å². The first kappa shape index (κ1) is 35.8. The van der Waals surface area contributed by atoms with Crippen LogP contribution in [0.5, 0.6) is 0 Å². The minimum absolute atomic E-state index is 0.539. The minimum Gasteiger partial charge on any atom is -0.456 e. The predicted octanol–water partition coefficient (Wildman–Crippen LogP) is 16.8. The van der Waals surface area contributed by atoms with E-state index in [1.54, 1.807) is 0 Å². The van der Waals surface area contributed by atoms with Crippen LogP contribution in [-0.2, 0) is 5.41 Å². The Morgan fingerprint density at radius 3 is 1.82 bits per heavy atom. The van der Waals surface area contributed by atoms with Crippen molar-refractivity contribution in [2.24, 2.45) is 0 Å². The molecule has 15 rings (SSSR count). The second-order valence-corrected chi connectivity index (χ2v) is 17.9. The van der Waals surface area contributed by atoms with Gasteiger partial charge in [-0.1, -0.05) is 170 Å². The fraction of sp³-hybridized carbons (Fsp3) is 0.0159. The van der Waals surface area contributed by atoms with Gasteiger partial charge in [0.2, 0.25) is 0 Å². The van der Waals surface area contributed by atoms with Gasteiger partial charge in [-0.05, 0) is 121 Å². The van der Waals surface area contributed by atoms with E-state index in [0.717, 1.165) is 55.7 Å². The number of anilines is 3. The zero-order valence-corrected chi connectivity index (χ0v) is 35.7. The maximum absolute atomic E-state index is 6.31. The van der Waals surface area contributed by atoms with Crippen LogP contribution in [0.25, 0.3) is 93.2 Å². The van der Waals surface area contributed by atoms with Gasteiger partial charge in [0, 0.05) is 44.0 Å². The molecule has 0 radical (unpaired) electrons. The third-order valence-corrected chi connectivity index (χ3v) is 14.8. The van der Waals surface area contributed by atoms with E-state index in [-0.39, 0.29) is 0 Å². The van der Waals surface area contributed by atoms with E-state index < -0.39 is 5.41 Å². The number of hydrogen-bond donors (Lipinski definition) is 0. The van der Waals surface area contributed by atoms with Crippen LogP contribution in [0.2, 0.25) is 0 Å². The lowest BCUT2D eigenvalue weighted by atomic mass is 9.61. The average Bonchev–Trinajstić information content (AvgIpc) is 4.01. The van der Waals surface area contributed by atoms with Crippen LogP contribution in [0, 0.1) is 0 Å². The van der Waals surface area contributed by atoms with Crippen molar-refractivity contribution < 1.29 is 4.42 Å². The van der Waals surface area contributed by atoms with Gasteiger partial charge in [-0.3, -0.25) is 0 Å². The summed E-state index contributed by atoms with van der Waals surface area (Å²) in [7, 11) is 0. The van der Waals surface area contributed by atoms with Gasteiger partial charge in [0.25, 0.3) is 0 Å². The van der Waals surface area contributed by atoms with Crippen LogP contribution in [0.4, 0.5) is 17.1 Å². The molecule has 0 saturated heterocycles. The van der Waals surface area contributed by atoms with Crippen molar-refractivity contribution in [1.29, 1.82) is 0 Å². The summed E-state index contributed by atoms with van der Waals surface area (Å²) in [5.74, 6) is 0. The summed E-state index contributed by atoms with van der Waals surface area (Å²) in [4.78, 5) is 2.50. The largest absolute Gasteiger partial charge is 0.456 e. The topological polar surface area (TPSA) is 21.3 Å².